The van der Waals surface area contributed by atoms with Crippen molar-refractivity contribution in [3.8, 4) is 0 Å². The Morgan fingerprint density at radius 1 is 1.31 bits per heavy atom. The van der Waals surface area contributed by atoms with Gasteiger partial charge in [0.25, 0.3) is 6.47 Å². The van der Waals surface area contributed by atoms with Gasteiger partial charge in [-0.25, -0.2) is 0 Å². The maximum Gasteiger partial charge on any atom is 0.322 e. The summed E-state index contributed by atoms with van der Waals surface area (Å²) >= 11 is 0. The minimum Gasteiger partial charge on any atom is -0.458 e. The van der Waals surface area contributed by atoms with Crippen molar-refractivity contribution >= 4 is 12.4 Å². The zero-order valence-electron chi connectivity index (χ0n) is 8.46. The molecule has 1 aromatic rings. The molecule has 0 amide bonds. The lowest BCUT2D eigenvalue weighted by molar-refractivity contribution is -0.149. The van der Waals surface area contributed by atoms with Crippen molar-refractivity contribution in [1.29, 1.82) is 0 Å². The van der Waals surface area contributed by atoms with E-state index in [1.54, 1.807) is 0 Å². The molecule has 0 heterocycles. The fraction of sp³-hybridized carbons (Fsp3) is 0.167. The Hall–Kier alpha value is -2.10. The van der Waals surface area contributed by atoms with E-state index in [4.69, 9.17) is 9.47 Å². The third kappa shape index (κ3) is 1.48. The van der Waals surface area contributed by atoms with Crippen LogP contribution in [-0.4, -0.2) is 12.4 Å². The summed E-state index contributed by atoms with van der Waals surface area (Å²) in [5.41, 5.74) is 1.68. The molecule has 4 heteroatoms. The summed E-state index contributed by atoms with van der Waals surface area (Å²) < 4.78 is 9.58. The number of hydrogen-bond acceptors (Lipinski definition) is 4. The molecule has 82 valence electrons. The average molecular weight is 218 g/mol. The first-order valence-corrected chi connectivity index (χ1v) is 4.79. The van der Waals surface area contributed by atoms with Crippen molar-refractivity contribution in [2.45, 2.75) is 12.0 Å². The molecule has 1 aliphatic carbocycles. The Kier molecular flexibility index (Phi) is 2.72. The van der Waals surface area contributed by atoms with Crippen LogP contribution < -0.4 is 0 Å². The Bertz CT molecular complexity index is 438. The molecule has 0 saturated carbocycles. The summed E-state index contributed by atoms with van der Waals surface area (Å²) in [6.45, 7) is 3.66. The number of hydrogen-bond donors (Lipinski definition) is 0. The highest BCUT2D eigenvalue weighted by molar-refractivity contribution is 5.83. The first-order chi connectivity index (χ1) is 7.79. The predicted octanol–water partition coefficient (Wildman–Crippen LogP) is 1.68. The third-order valence-corrected chi connectivity index (χ3v) is 2.60. The van der Waals surface area contributed by atoms with Crippen molar-refractivity contribution < 1.29 is 19.1 Å². The van der Waals surface area contributed by atoms with Crippen LogP contribution in [0.2, 0.25) is 0 Å². The highest BCUT2D eigenvalue weighted by Gasteiger charge is 2.44. The molecule has 0 N–H and O–H groups in total. The van der Waals surface area contributed by atoms with Crippen LogP contribution in [0.4, 0.5) is 0 Å². The largest absolute Gasteiger partial charge is 0.458 e. The Morgan fingerprint density at radius 3 is 2.62 bits per heavy atom. The van der Waals surface area contributed by atoms with E-state index in [2.05, 4.69) is 6.58 Å². The monoisotopic (exact) mass is 218 g/mol. The number of benzene rings is 1. The molecule has 0 spiro atoms. The molecule has 16 heavy (non-hydrogen) atoms. The van der Waals surface area contributed by atoms with Gasteiger partial charge in [-0.05, 0) is 11.1 Å². The maximum atomic E-state index is 11.6. The minimum absolute atomic E-state index is 0.342. The highest BCUT2D eigenvalue weighted by atomic mass is 16.5. The molecule has 0 fully saturated rings. The van der Waals surface area contributed by atoms with Gasteiger partial charge in [-0.3, -0.25) is 9.59 Å². The first kappa shape index (κ1) is 10.4. The summed E-state index contributed by atoms with van der Waals surface area (Å²) in [5.74, 6) is -1.00. The van der Waals surface area contributed by atoms with Gasteiger partial charge in [0.15, 0.2) is 0 Å². The van der Waals surface area contributed by atoms with Crippen molar-refractivity contribution in [2.24, 2.45) is 0 Å². The van der Waals surface area contributed by atoms with Gasteiger partial charge >= 0.3 is 5.97 Å². The normalized spacial score (nSPS) is 21.2. The van der Waals surface area contributed by atoms with Gasteiger partial charge in [0, 0.05) is 0 Å². The van der Waals surface area contributed by atoms with E-state index >= 15 is 0 Å². The van der Waals surface area contributed by atoms with E-state index < -0.39 is 18.0 Å². The predicted molar refractivity (Wildman–Crippen MR) is 55.4 cm³/mol. The van der Waals surface area contributed by atoms with Gasteiger partial charge in [-0.2, -0.15) is 0 Å². The highest BCUT2D eigenvalue weighted by Crippen LogP contribution is 2.47. The van der Waals surface area contributed by atoms with Gasteiger partial charge < -0.3 is 9.47 Å². The van der Waals surface area contributed by atoms with Gasteiger partial charge in [0.2, 0.25) is 0 Å². The van der Waals surface area contributed by atoms with Crippen molar-refractivity contribution in [1.82, 2.24) is 0 Å². The summed E-state index contributed by atoms with van der Waals surface area (Å²) in [6.07, 6.45) is 0.530. The summed E-state index contributed by atoms with van der Waals surface area (Å²) in [5, 5.41) is 0. The lowest BCUT2D eigenvalue weighted by atomic mass is 9.74. The van der Waals surface area contributed by atoms with E-state index in [-0.39, 0.29) is 0 Å². The Balaban J connectivity index is 2.28. The fourth-order valence-corrected chi connectivity index (χ4v) is 1.92. The number of ether oxygens (including phenoxy) is 2. The van der Waals surface area contributed by atoms with Crippen molar-refractivity contribution in [3.63, 3.8) is 0 Å². The van der Waals surface area contributed by atoms with E-state index in [0.717, 1.165) is 17.4 Å². The van der Waals surface area contributed by atoms with Gasteiger partial charge in [-0.1, -0.05) is 30.8 Å². The van der Waals surface area contributed by atoms with Crippen LogP contribution in [0.25, 0.3) is 0 Å². The molecule has 0 radical (unpaired) electrons. The topological polar surface area (TPSA) is 52.6 Å². The molecule has 0 aliphatic heterocycles. The number of rotatable bonds is 4. The second-order valence-corrected chi connectivity index (χ2v) is 3.36. The molecule has 1 aromatic carbocycles. The summed E-state index contributed by atoms with van der Waals surface area (Å²) in [6, 6.07) is 7.29. The van der Waals surface area contributed by atoms with Crippen LogP contribution in [0.1, 0.15) is 23.1 Å². The summed E-state index contributed by atoms with van der Waals surface area (Å²) in [7, 11) is 0. The number of fused-ring (bicyclic) bond motifs is 1. The molecule has 2 rings (SSSR count). The molecule has 0 bridgehead atoms. The maximum absolute atomic E-state index is 11.6. The Labute approximate surface area is 92.5 Å². The van der Waals surface area contributed by atoms with Gasteiger partial charge in [0.05, 0.1) is 6.26 Å². The van der Waals surface area contributed by atoms with Crippen LogP contribution in [0.5, 0.6) is 0 Å². The zero-order chi connectivity index (χ0) is 11.5. The average Bonchev–Trinajstić information content (AvgIpc) is 2.27. The quantitative estimate of drug-likeness (QED) is 0.438. The van der Waals surface area contributed by atoms with E-state index in [1.165, 1.54) is 0 Å². The second-order valence-electron chi connectivity index (χ2n) is 3.36. The Morgan fingerprint density at radius 2 is 2.00 bits per heavy atom. The van der Waals surface area contributed by atoms with E-state index in [9.17, 15) is 9.59 Å². The fourth-order valence-electron chi connectivity index (χ4n) is 1.92. The minimum atomic E-state index is -0.542. The number of carbonyl (C=O) groups is 2. The first-order valence-electron chi connectivity index (χ1n) is 4.79. The molecular formula is C12H10O4. The van der Waals surface area contributed by atoms with Gasteiger partial charge in [0.1, 0.15) is 12.0 Å². The number of esters is 1. The van der Waals surface area contributed by atoms with Crippen LogP contribution in [0.3, 0.4) is 0 Å². The SMILES string of the molecule is C=COC(=O)C1c2ccccc2C1OC=O. The number of carbonyl (C=O) groups excluding carboxylic acids is 2. The van der Waals surface area contributed by atoms with E-state index in [1.807, 2.05) is 24.3 Å². The third-order valence-electron chi connectivity index (χ3n) is 2.60. The van der Waals surface area contributed by atoms with E-state index in [0.29, 0.717) is 6.47 Å². The van der Waals surface area contributed by atoms with Gasteiger partial charge in [-0.15, -0.1) is 0 Å². The zero-order valence-corrected chi connectivity index (χ0v) is 8.46. The molecule has 1 aliphatic rings. The van der Waals surface area contributed by atoms with Crippen molar-refractivity contribution in [2.75, 3.05) is 0 Å². The second kappa shape index (κ2) is 4.18. The molecule has 2 atom stereocenters. The lowest BCUT2D eigenvalue weighted by Crippen LogP contribution is -2.32. The molecule has 4 nitrogen and oxygen atoms in total. The lowest BCUT2D eigenvalue weighted by Gasteiger charge is -2.35. The standard InChI is InChI=1S/C12H10O4/c1-2-15-12(14)10-8-5-3-4-6-9(8)11(10)16-7-13/h2-7,10-11H,1H2. The summed E-state index contributed by atoms with van der Waals surface area (Å²) in [4.78, 5) is 21.9. The molecule has 0 saturated heterocycles. The molecular weight excluding hydrogens is 208 g/mol. The van der Waals surface area contributed by atoms with Crippen LogP contribution in [-0.2, 0) is 19.1 Å². The van der Waals surface area contributed by atoms with Crippen LogP contribution >= 0.6 is 0 Å². The molecule has 2 unspecified atom stereocenters. The van der Waals surface area contributed by atoms with Crippen LogP contribution in [0, 0.1) is 0 Å². The molecule has 0 aromatic heterocycles. The van der Waals surface area contributed by atoms with Crippen LogP contribution in [0.15, 0.2) is 37.1 Å². The smallest absolute Gasteiger partial charge is 0.322 e. The van der Waals surface area contributed by atoms with Crippen molar-refractivity contribution in [3.05, 3.63) is 48.2 Å².